The third kappa shape index (κ3) is 2.40. The number of allylic oxidation sites excluding steroid dienone is 1. The molecule has 1 rings (SSSR count). The van der Waals surface area contributed by atoms with Gasteiger partial charge < -0.3 is 9.84 Å². The smallest absolute Gasteiger partial charge is 0.342 e. The first-order chi connectivity index (χ1) is 8.45. The Kier molecular flexibility index (Phi) is 4.54. The molecule has 18 heavy (non-hydrogen) atoms. The van der Waals surface area contributed by atoms with E-state index in [1.165, 1.54) is 0 Å². The molecule has 0 heterocycles. The Labute approximate surface area is 108 Å². The lowest BCUT2D eigenvalue weighted by Crippen LogP contribution is -2.11. The van der Waals surface area contributed by atoms with Crippen LogP contribution in [0.3, 0.4) is 0 Å². The number of hydrogen-bond donors (Lipinski definition) is 1. The second kappa shape index (κ2) is 5.71. The fraction of sp³-hybridized carbons (Fsp3) is 0.400. The van der Waals surface area contributed by atoms with Crippen molar-refractivity contribution in [2.75, 3.05) is 6.61 Å². The number of phenolic OH excluding ortho intramolecular Hbond substituents is 1. The minimum absolute atomic E-state index is 0.0222. The maximum Gasteiger partial charge on any atom is 0.342 e. The van der Waals surface area contributed by atoms with Crippen molar-refractivity contribution in [1.82, 2.24) is 0 Å². The highest BCUT2D eigenvalue weighted by Crippen LogP contribution is 2.33. The second-order valence-electron chi connectivity index (χ2n) is 4.29. The van der Waals surface area contributed by atoms with E-state index in [1.54, 1.807) is 13.0 Å². The molecule has 0 fully saturated rings. The molecule has 0 radical (unpaired) electrons. The average molecular weight is 248 g/mol. The Hall–Kier alpha value is -1.77. The maximum atomic E-state index is 11.9. The van der Waals surface area contributed by atoms with Gasteiger partial charge in [-0.25, -0.2) is 4.79 Å². The van der Waals surface area contributed by atoms with E-state index in [-0.39, 0.29) is 11.3 Å². The van der Waals surface area contributed by atoms with Gasteiger partial charge in [0, 0.05) is 5.56 Å². The third-order valence-corrected chi connectivity index (χ3v) is 3.30. The van der Waals surface area contributed by atoms with Crippen molar-refractivity contribution < 1.29 is 14.6 Å². The number of carbonyl (C=O) groups is 1. The van der Waals surface area contributed by atoms with Crippen LogP contribution in [0, 0.1) is 20.8 Å². The summed E-state index contributed by atoms with van der Waals surface area (Å²) in [5, 5.41) is 10.3. The summed E-state index contributed by atoms with van der Waals surface area (Å²) < 4.78 is 4.99. The standard InChI is InChI=1S/C15H20O3/c1-6-8-12-10(4)9(3)11(5)13(14(12)16)15(17)18-7-2/h6,16H,1,7-8H2,2-5H3. The van der Waals surface area contributed by atoms with Gasteiger partial charge in [-0.15, -0.1) is 6.58 Å². The first kappa shape index (κ1) is 14.3. The van der Waals surface area contributed by atoms with Crippen molar-refractivity contribution in [3.8, 4) is 5.75 Å². The fourth-order valence-electron chi connectivity index (χ4n) is 2.05. The summed E-state index contributed by atoms with van der Waals surface area (Å²) >= 11 is 0. The van der Waals surface area contributed by atoms with Gasteiger partial charge in [-0.2, -0.15) is 0 Å². The molecule has 0 aliphatic carbocycles. The second-order valence-corrected chi connectivity index (χ2v) is 4.29. The van der Waals surface area contributed by atoms with E-state index < -0.39 is 5.97 Å². The first-order valence-corrected chi connectivity index (χ1v) is 6.05. The van der Waals surface area contributed by atoms with E-state index in [0.717, 1.165) is 22.3 Å². The number of benzene rings is 1. The van der Waals surface area contributed by atoms with Crippen LogP contribution < -0.4 is 0 Å². The van der Waals surface area contributed by atoms with Crippen molar-refractivity contribution >= 4 is 5.97 Å². The highest BCUT2D eigenvalue weighted by atomic mass is 16.5. The van der Waals surface area contributed by atoms with Crippen LogP contribution in [0.15, 0.2) is 12.7 Å². The predicted octanol–water partition coefficient (Wildman–Crippen LogP) is 3.22. The number of ether oxygens (including phenoxy) is 1. The van der Waals surface area contributed by atoms with Crippen molar-refractivity contribution in [2.45, 2.75) is 34.1 Å². The van der Waals surface area contributed by atoms with E-state index in [4.69, 9.17) is 4.74 Å². The Bertz CT molecular complexity index is 487. The third-order valence-electron chi connectivity index (χ3n) is 3.30. The van der Waals surface area contributed by atoms with Gasteiger partial charge in [-0.3, -0.25) is 0 Å². The first-order valence-electron chi connectivity index (χ1n) is 6.05. The molecule has 0 bridgehead atoms. The van der Waals surface area contributed by atoms with Gasteiger partial charge in [0.15, 0.2) is 0 Å². The molecule has 0 aliphatic rings. The lowest BCUT2D eigenvalue weighted by molar-refractivity contribution is 0.0522. The molecule has 0 unspecified atom stereocenters. The minimum atomic E-state index is -0.471. The fourth-order valence-corrected chi connectivity index (χ4v) is 2.05. The topological polar surface area (TPSA) is 46.5 Å². The van der Waals surface area contributed by atoms with E-state index >= 15 is 0 Å². The Balaban J connectivity index is 3.51. The molecule has 0 saturated carbocycles. The van der Waals surface area contributed by atoms with Gasteiger partial charge >= 0.3 is 5.97 Å². The lowest BCUT2D eigenvalue weighted by Gasteiger charge is -2.17. The summed E-state index contributed by atoms with van der Waals surface area (Å²) in [6.45, 7) is 11.4. The molecule has 0 atom stereocenters. The van der Waals surface area contributed by atoms with Crippen molar-refractivity contribution in [3.05, 3.63) is 40.5 Å². The van der Waals surface area contributed by atoms with Crippen LogP contribution in [0.2, 0.25) is 0 Å². The van der Waals surface area contributed by atoms with Gasteiger partial charge in [-0.05, 0) is 50.8 Å². The van der Waals surface area contributed by atoms with Crippen molar-refractivity contribution in [1.29, 1.82) is 0 Å². The van der Waals surface area contributed by atoms with Crippen LogP contribution in [-0.4, -0.2) is 17.7 Å². The zero-order valence-electron chi connectivity index (χ0n) is 11.5. The van der Waals surface area contributed by atoms with E-state index in [9.17, 15) is 9.90 Å². The summed E-state index contributed by atoms with van der Waals surface area (Å²) in [7, 11) is 0. The van der Waals surface area contributed by atoms with Gasteiger partial charge in [0.2, 0.25) is 0 Å². The molecule has 0 aliphatic heterocycles. The molecule has 0 spiro atoms. The van der Waals surface area contributed by atoms with Gasteiger partial charge in [0.25, 0.3) is 0 Å². The summed E-state index contributed by atoms with van der Waals surface area (Å²) in [5.41, 5.74) is 3.80. The number of aromatic hydroxyl groups is 1. The van der Waals surface area contributed by atoms with Gasteiger partial charge in [0.1, 0.15) is 11.3 Å². The molecule has 1 aromatic carbocycles. The van der Waals surface area contributed by atoms with Gasteiger partial charge in [-0.1, -0.05) is 6.08 Å². The Morgan fingerprint density at radius 2 is 1.89 bits per heavy atom. The van der Waals surface area contributed by atoms with E-state index in [1.807, 2.05) is 20.8 Å². The molecule has 3 heteroatoms. The molecule has 1 aromatic rings. The van der Waals surface area contributed by atoms with E-state index in [0.29, 0.717) is 13.0 Å². The van der Waals surface area contributed by atoms with Crippen LogP contribution in [0.1, 0.15) is 39.5 Å². The van der Waals surface area contributed by atoms with Gasteiger partial charge in [0.05, 0.1) is 6.61 Å². The summed E-state index contributed by atoms with van der Waals surface area (Å²) in [4.78, 5) is 11.9. The largest absolute Gasteiger partial charge is 0.507 e. The summed E-state index contributed by atoms with van der Waals surface area (Å²) in [5.74, 6) is -0.449. The van der Waals surface area contributed by atoms with Crippen LogP contribution in [0.4, 0.5) is 0 Å². The van der Waals surface area contributed by atoms with Crippen molar-refractivity contribution in [2.24, 2.45) is 0 Å². The molecule has 98 valence electrons. The number of esters is 1. The SMILES string of the molecule is C=CCc1c(C)c(C)c(C)c(C(=O)OCC)c1O. The van der Waals surface area contributed by atoms with Crippen LogP contribution in [-0.2, 0) is 11.2 Å². The van der Waals surface area contributed by atoms with Crippen LogP contribution in [0.5, 0.6) is 5.75 Å². The summed E-state index contributed by atoms with van der Waals surface area (Å²) in [6.07, 6.45) is 2.25. The number of rotatable bonds is 4. The molecular formula is C15H20O3. The molecular weight excluding hydrogens is 228 g/mol. The summed E-state index contributed by atoms with van der Waals surface area (Å²) in [6, 6.07) is 0. The lowest BCUT2D eigenvalue weighted by atomic mass is 9.91. The zero-order valence-corrected chi connectivity index (χ0v) is 11.5. The Morgan fingerprint density at radius 1 is 1.28 bits per heavy atom. The molecule has 0 saturated heterocycles. The highest BCUT2D eigenvalue weighted by molar-refractivity contribution is 5.95. The minimum Gasteiger partial charge on any atom is -0.507 e. The molecule has 0 amide bonds. The molecule has 3 nitrogen and oxygen atoms in total. The normalized spacial score (nSPS) is 10.2. The maximum absolute atomic E-state index is 11.9. The quantitative estimate of drug-likeness (QED) is 0.657. The zero-order chi connectivity index (χ0) is 13.9. The highest BCUT2D eigenvalue weighted by Gasteiger charge is 2.22. The van der Waals surface area contributed by atoms with Crippen LogP contribution >= 0.6 is 0 Å². The number of phenols is 1. The van der Waals surface area contributed by atoms with E-state index in [2.05, 4.69) is 6.58 Å². The average Bonchev–Trinajstić information content (AvgIpc) is 2.32. The van der Waals surface area contributed by atoms with Crippen molar-refractivity contribution in [3.63, 3.8) is 0 Å². The predicted molar refractivity (Wildman–Crippen MR) is 72.2 cm³/mol. The molecule has 0 aromatic heterocycles. The molecule has 1 N–H and O–H groups in total. The monoisotopic (exact) mass is 248 g/mol. The van der Waals surface area contributed by atoms with Crippen LogP contribution in [0.25, 0.3) is 0 Å². The number of hydrogen-bond acceptors (Lipinski definition) is 3. The number of carbonyl (C=O) groups excluding carboxylic acids is 1. The Morgan fingerprint density at radius 3 is 2.39 bits per heavy atom.